The first-order valence-corrected chi connectivity index (χ1v) is 5.58. The molecule has 1 atom stereocenters. The van der Waals surface area contributed by atoms with Crippen LogP contribution in [0, 0.1) is 0 Å². The van der Waals surface area contributed by atoms with Gasteiger partial charge in [-0.3, -0.25) is 0 Å². The van der Waals surface area contributed by atoms with Crippen molar-refractivity contribution in [3.63, 3.8) is 0 Å². The summed E-state index contributed by atoms with van der Waals surface area (Å²) < 4.78 is 10.3. The summed E-state index contributed by atoms with van der Waals surface area (Å²) in [5.41, 5.74) is 1.10. The first-order valence-electron chi connectivity index (χ1n) is 4.67. The Balaban J connectivity index is 2.83. The molecule has 1 rings (SSSR count). The highest BCUT2D eigenvalue weighted by Gasteiger charge is 2.08. The van der Waals surface area contributed by atoms with Gasteiger partial charge in [0, 0.05) is 4.83 Å². The molecule has 0 aliphatic carbocycles. The lowest BCUT2D eigenvalue weighted by Crippen LogP contribution is -2.07. The van der Waals surface area contributed by atoms with Crippen LogP contribution < -0.4 is 9.47 Å². The molecular formula is C11H15BrO3. The molecule has 1 N–H and O–H groups in total. The van der Waals surface area contributed by atoms with Crippen molar-refractivity contribution in [1.82, 2.24) is 0 Å². The van der Waals surface area contributed by atoms with E-state index in [-0.39, 0.29) is 11.4 Å². The van der Waals surface area contributed by atoms with Crippen molar-refractivity contribution >= 4 is 15.9 Å². The number of aliphatic hydroxyl groups is 1. The van der Waals surface area contributed by atoms with Crippen molar-refractivity contribution < 1.29 is 14.6 Å². The van der Waals surface area contributed by atoms with E-state index in [4.69, 9.17) is 14.6 Å². The molecule has 0 heterocycles. The Hall–Kier alpha value is -0.740. The van der Waals surface area contributed by atoms with Gasteiger partial charge in [0.2, 0.25) is 0 Å². The maximum Gasteiger partial charge on any atom is 0.160 e. The van der Waals surface area contributed by atoms with E-state index in [1.54, 1.807) is 14.2 Å². The van der Waals surface area contributed by atoms with E-state index in [0.29, 0.717) is 5.75 Å². The summed E-state index contributed by atoms with van der Waals surface area (Å²) in [4.78, 5) is 0.0793. The second-order valence-electron chi connectivity index (χ2n) is 3.17. The van der Waals surface area contributed by atoms with Gasteiger partial charge in [-0.15, -0.1) is 0 Å². The van der Waals surface area contributed by atoms with Gasteiger partial charge >= 0.3 is 0 Å². The molecule has 1 aromatic carbocycles. The van der Waals surface area contributed by atoms with Crippen LogP contribution in [0.5, 0.6) is 11.5 Å². The molecule has 3 nitrogen and oxygen atoms in total. The molecule has 0 amide bonds. The highest BCUT2D eigenvalue weighted by Crippen LogP contribution is 2.28. The quantitative estimate of drug-likeness (QED) is 0.835. The van der Waals surface area contributed by atoms with Gasteiger partial charge in [0.05, 0.1) is 20.8 Å². The van der Waals surface area contributed by atoms with Crippen molar-refractivity contribution in [3.8, 4) is 11.5 Å². The van der Waals surface area contributed by atoms with Crippen LogP contribution in [0.4, 0.5) is 0 Å². The lowest BCUT2D eigenvalue weighted by molar-refractivity contribution is 0.296. The zero-order valence-corrected chi connectivity index (χ0v) is 10.5. The number of halogens is 1. The molecule has 0 aliphatic heterocycles. The molecule has 84 valence electrons. The van der Waals surface area contributed by atoms with E-state index in [1.807, 2.05) is 18.2 Å². The minimum absolute atomic E-state index is 0.0793. The molecule has 15 heavy (non-hydrogen) atoms. The minimum atomic E-state index is 0.0793. The van der Waals surface area contributed by atoms with Crippen molar-refractivity contribution in [2.45, 2.75) is 11.2 Å². The highest BCUT2D eigenvalue weighted by atomic mass is 79.9. The van der Waals surface area contributed by atoms with Gasteiger partial charge in [-0.1, -0.05) is 22.0 Å². The summed E-state index contributed by atoms with van der Waals surface area (Å²) in [6.45, 7) is 0.119. The predicted octanol–water partition coefficient (Wildman–Crippen LogP) is 2.00. The van der Waals surface area contributed by atoms with E-state index in [1.165, 1.54) is 0 Å². The predicted molar refractivity (Wildman–Crippen MR) is 63.1 cm³/mol. The van der Waals surface area contributed by atoms with Gasteiger partial charge in [0.25, 0.3) is 0 Å². The third kappa shape index (κ3) is 3.39. The molecular weight excluding hydrogens is 260 g/mol. The van der Waals surface area contributed by atoms with Crippen LogP contribution >= 0.6 is 15.9 Å². The van der Waals surface area contributed by atoms with Crippen LogP contribution in [0.25, 0.3) is 0 Å². The Morgan fingerprint density at radius 3 is 2.47 bits per heavy atom. The van der Waals surface area contributed by atoms with Gasteiger partial charge < -0.3 is 14.6 Å². The van der Waals surface area contributed by atoms with Crippen LogP contribution in [0.3, 0.4) is 0 Å². The molecule has 0 saturated carbocycles. The number of ether oxygens (including phenoxy) is 2. The Morgan fingerprint density at radius 2 is 1.93 bits per heavy atom. The minimum Gasteiger partial charge on any atom is -0.493 e. The molecule has 0 aromatic heterocycles. The monoisotopic (exact) mass is 274 g/mol. The molecule has 0 bridgehead atoms. The largest absolute Gasteiger partial charge is 0.493 e. The standard InChI is InChI=1S/C11H15BrO3/c1-14-10-4-3-8(5-9(12)7-13)6-11(10)15-2/h3-4,6,9,13H,5,7H2,1-2H3. The third-order valence-electron chi connectivity index (χ3n) is 2.10. The first kappa shape index (κ1) is 12.3. The Morgan fingerprint density at radius 1 is 1.27 bits per heavy atom. The molecule has 1 unspecified atom stereocenters. The zero-order chi connectivity index (χ0) is 11.3. The van der Waals surface area contributed by atoms with Gasteiger partial charge in [-0.25, -0.2) is 0 Å². The normalized spacial score (nSPS) is 12.3. The molecule has 0 spiro atoms. The van der Waals surface area contributed by atoms with Gasteiger partial charge in [0.15, 0.2) is 11.5 Å². The van der Waals surface area contributed by atoms with Crippen LogP contribution in [0.1, 0.15) is 5.56 Å². The fraction of sp³-hybridized carbons (Fsp3) is 0.455. The SMILES string of the molecule is COc1ccc(CC(Br)CO)cc1OC. The molecule has 0 aliphatic rings. The number of alkyl halides is 1. The number of methoxy groups -OCH3 is 2. The molecule has 1 aromatic rings. The topological polar surface area (TPSA) is 38.7 Å². The lowest BCUT2D eigenvalue weighted by atomic mass is 10.1. The fourth-order valence-electron chi connectivity index (χ4n) is 1.33. The maximum atomic E-state index is 8.92. The van der Waals surface area contributed by atoms with E-state index >= 15 is 0 Å². The summed E-state index contributed by atoms with van der Waals surface area (Å²) in [5.74, 6) is 1.43. The first-order chi connectivity index (χ1) is 7.21. The van der Waals surface area contributed by atoms with Crippen LogP contribution in [-0.2, 0) is 6.42 Å². The summed E-state index contributed by atoms with van der Waals surface area (Å²) in [6.07, 6.45) is 0.761. The molecule has 0 radical (unpaired) electrons. The number of hydrogen-bond donors (Lipinski definition) is 1. The second kappa shape index (κ2) is 5.98. The highest BCUT2D eigenvalue weighted by molar-refractivity contribution is 9.09. The number of aliphatic hydroxyl groups excluding tert-OH is 1. The van der Waals surface area contributed by atoms with Gasteiger partial charge in [-0.05, 0) is 24.1 Å². The number of rotatable bonds is 5. The van der Waals surface area contributed by atoms with E-state index in [2.05, 4.69) is 15.9 Å². The number of hydrogen-bond acceptors (Lipinski definition) is 3. The van der Waals surface area contributed by atoms with Crippen LogP contribution in [0.15, 0.2) is 18.2 Å². The van der Waals surface area contributed by atoms with Crippen molar-refractivity contribution in [1.29, 1.82) is 0 Å². The molecule has 4 heteroatoms. The lowest BCUT2D eigenvalue weighted by Gasteiger charge is -2.11. The van der Waals surface area contributed by atoms with Crippen molar-refractivity contribution in [2.75, 3.05) is 20.8 Å². The van der Waals surface area contributed by atoms with Crippen LogP contribution in [0.2, 0.25) is 0 Å². The van der Waals surface area contributed by atoms with E-state index < -0.39 is 0 Å². The maximum absolute atomic E-state index is 8.92. The van der Waals surface area contributed by atoms with Crippen molar-refractivity contribution in [2.24, 2.45) is 0 Å². The summed E-state index contributed by atoms with van der Waals surface area (Å²) in [5, 5.41) is 8.92. The zero-order valence-electron chi connectivity index (χ0n) is 8.87. The number of benzene rings is 1. The summed E-state index contributed by atoms with van der Waals surface area (Å²) >= 11 is 3.37. The third-order valence-corrected chi connectivity index (χ3v) is 2.72. The Bertz CT molecular complexity index is 315. The van der Waals surface area contributed by atoms with E-state index in [9.17, 15) is 0 Å². The van der Waals surface area contributed by atoms with Gasteiger partial charge in [0.1, 0.15) is 0 Å². The van der Waals surface area contributed by atoms with Crippen molar-refractivity contribution in [3.05, 3.63) is 23.8 Å². The Kier molecular flexibility index (Phi) is 4.91. The van der Waals surface area contributed by atoms with Crippen LogP contribution in [-0.4, -0.2) is 30.8 Å². The van der Waals surface area contributed by atoms with E-state index in [0.717, 1.165) is 17.7 Å². The van der Waals surface area contributed by atoms with Gasteiger partial charge in [-0.2, -0.15) is 0 Å². The smallest absolute Gasteiger partial charge is 0.160 e. The second-order valence-corrected chi connectivity index (χ2v) is 4.47. The summed E-state index contributed by atoms with van der Waals surface area (Å²) in [6, 6.07) is 5.75. The average Bonchev–Trinajstić information content (AvgIpc) is 2.28. The summed E-state index contributed by atoms with van der Waals surface area (Å²) in [7, 11) is 3.22. The Labute approximate surface area is 98.1 Å². The molecule has 0 fully saturated rings. The fourth-order valence-corrected chi connectivity index (χ4v) is 1.70. The molecule has 0 saturated heterocycles. The average molecular weight is 275 g/mol.